The number of urea groups is 1. The molecule has 0 radical (unpaired) electrons. The summed E-state index contributed by atoms with van der Waals surface area (Å²) in [4.78, 5) is 23.3. The van der Waals surface area contributed by atoms with E-state index in [-0.39, 0.29) is 5.91 Å². The number of nitrogens with one attached hydrogen (secondary N) is 3. The molecule has 1 atom stereocenters. The first-order valence-electron chi connectivity index (χ1n) is 6.49. The molecule has 1 rings (SSSR count). The van der Waals surface area contributed by atoms with Crippen LogP contribution in [0.2, 0.25) is 0 Å². The predicted octanol–water partition coefficient (Wildman–Crippen LogP) is 2.73. The van der Waals surface area contributed by atoms with Crippen molar-refractivity contribution in [3.8, 4) is 0 Å². The molecule has 1 aromatic carbocycles. The summed E-state index contributed by atoms with van der Waals surface area (Å²) in [6.45, 7) is 6.21. The quantitative estimate of drug-likeness (QED) is 0.771. The van der Waals surface area contributed by atoms with Crippen molar-refractivity contribution in [2.24, 2.45) is 5.92 Å². The first-order valence-corrected chi connectivity index (χ1v) is 7.28. The standard InChI is InChI=1S/C14H20BrN3O2/c1-9(2)8-16-14(20)18-13(19)10(3)17-12-6-4-11(15)5-7-12/h4-7,9-10,17H,8H2,1-3H3,(H2,16,18,19,20). The van der Waals surface area contributed by atoms with Gasteiger partial charge in [0.2, 0.25) is 5.91 Å². The molecule has 6 heteroatoms. The molecule has 5 nitrogen and oxygen atoms in total. The molecule has 0 aliphatic rings. The van der Waals surface area contributed by atoms with E-state index in [0.29, 0.717) is 12.5 Å². The van der Waals surface area contributed by atoms with Crippen LogP contribution >= 0.6 is 15.9 Å². The fourth-order valence-electron chi connectivity index (χ4n) is 1.42. The molecule has 0 saturated heterocycles. The molecule has 0 heterocycles. The van der Waals surface area contributed by atoms with E-state index in [9.17, 15) is 9.59 Å². The summed E-state index contributed by atoms with van der Waals surface area (Å²) < 4.78 is 0.966. The maximum atomic E-state index is 11.8. The van der Waals surface area contributed by atoms with Crippen LogP contribution in [0.4, 0.5) is 10.5 Å². The van der Waals surface area contributed by atoms with E-state index in [1.54, 1.807) is 6.92 Å². The van der Waals surface area contributed by atoms with Crippen molar-refractivity contribution in [3.63, 3.8) is 0 Å². The van der Waals surface area contributed by atoms with Crippen molar-refractivity contribution < 1.29 is 9.59 Å². The normalized spacial score (nSPS) is 11.8. The zero-order valence-electron chi connectivity index (χ0n) is 11.9. The number of rotatable bonds is 5. The molecule has 0 bridgehead atoms. The summed E-state index contributed by atoms with van der Waals surface area (Å²) in [5, 5.41) is 7.97. The number of carbonyl (C=O) groups is 2. The van der Waals surface area contributed by atoms with Crippen molar-refractivity contribution in [1.29, 1.82) is 0 Å². The van der Waals surface area contributed by atoms with Crippen LogP contribution in [0.5, 0.6) is 0 Å². The number of hydrogen-bond acceptors (Lipinski definition) is 3. The summed E-state index contributed by atoms with van der Waals surface area (Å²) in [7, 11) is 0. The van der Waals surface area contributed by atoms with Crippen LogP contribution in [0, 0.1) is 5.92 Å². The van der Waals surface area contributed by atoms with E-state index in [1.807, 2.05) is 38.1 Å². The SMILES string of the molecule is CC(C)CNC(=O)NC(=O)C(C)Nc1ccc(Br)cc1. The molecular weight excluding hydrogens is 322 g/mol. The van der Waals surface area contributed by atoms with Crippen LogP contribution in [0.1, 0.15) is 20.8 Å². The van der Waals surface area contributed by atoms with Gasteiger partial charge in [0.1, 0.15) is 6.04 Å². The molecule has 0 fully saturated rings. The Labute approximate surface area is 127 Å². The fourth-order valence-corrected chi connectivity index (χ4v) is 1.69. The van der Waals surface area contributed by atoms with Gasteiger partial charge >= 0.3 is 6.03 Å². The second kappa shape index (κ2) is 7.89. The molecule has 1 unspecified atom stereocenters. The lowest BCUT2D eigenvalue weighted by molar-refractivity contribution is -0.120. The van der Waals surface area contributed by atoms with Gasteiger partial charge in [0.15, 0.2) is 0 Å². The highest BCUT2D eigenvalue weighted by molar-refractivity contribution is 9.10. The molecule has 0 spiro atoms. The average Bonchev–Trinajstić information content (AvgIpc) is 2.39. The van der Waals surface area contributed by atoms with Gasteiger partial charge in [-0.15, -0.1) is 0 Å². The van der Waals surface area contributed by atoms with Gasteiger partial charge in [0.25, 0.3) is 0 Å². The van der Waals surface area contributed by atoms with Gasteiger partial charge in [-0.3, -0.25) is 10.1 Å². The number of hydrogen-bond donors (Lipinski definition) is 3. The van der Waals surface area contributed by atoms with Gasteiger partial charge in [0.05, 0.1) is 0 Å². The van der Waals surface area contributed by atoms with E-state index in [1.165, 1.54) is 0 Å². The fraction of sp³-hybridized carbons (Fsp3) is 0.429. The van der Waals surface area contributed by atoms with Crippen LogP contribution in [0.3, 0.4) is 0 Å². The lowest BCUT2D eigenvalue weighted by Crippen LogP contribution is -2.46. The van der Waals surface area contributed by atoms with Gasteiger partial charge in [-0.2, -0.15) is 0 Å². The smallest absolute Gasteiger partial charge is 0.321 e. The Hall–Kier alpha value is -1.56. The van der Waals surface area contributed by atoms with E-state index in [2.05, 4.69) is 31.9 Å². The van der Waals surface area contributed by atoms with Crippen LogP contribution in [0.15, 0.2) is 28.7 Å². The lowest BCUT2D eigenvalue weighted by atomic mass is 10.2. The number of imide groups is 1. The molecule has 20 heavy (non-hydrogen) atoms. The van der Waals surface area contributed by atoms with Crippen molar-refractivity contribution in [3.05, 3.63) is 28.7 Å². The number of carbonyl (C=O) groups excluding carboxylic acids is 2. The highest BCUT2D eigenvalue weighted by Crippen LogP contribution is 2.14. The van der Waals surface area contributed by atoms with Crippen LogP contribution in [-0.4, -0.2) is 24.5 Å². The monoisotopic (exact) mass is 341 g/mol. The lowest BCUT2D eigenvalue weighted by Gasteiger charge is -2.15. The van der Waals surface area contributed by atoms with Crippen molar-refractivity contribution >= 4 is 33.6 Å². The molecule has 0 aliphatic carbocycles. The third-order valence-corrected chi connectivity index (χ3v) is 3.06. The Morgan fingerprint density at radius 2 is 1.75 bits per heavy atom. The van der Waals surface area contributed by atoms with Crippen molar-refractivity contribution in [2.75, 3.05) is 11.9 Å². The van der Waals surface area contributed by atoms with Crippen LogP contribution in [-0.2, 0) is 4.79 Å². The first kappa shape index (κ1) is 16.5. The summed E-state index contributed by atoms with van der Waals surface area (Å²) in [6.07, 6.45) is 0. The van der Waals surface area contributed by atoms with Gasteiger partial charge in [-0.1, -0.05) is 29.8 Å². The zero-order valence-corrected chi connectivity index (χ0v) is 13.5. The highest BCUT2D eigenvalue weighted by atomic mass is 79.9. The summed E-state index contributed by atoms with van der Waals surface area (Å²) in [6, 6.07) is 6.50. The van der Waals surface area contributed by atoms with E-state index < -0.39 is 12.1 Å². The van der Waals surface area contributed by atoms with Crippen molar-refractivity contribution in [2.45, 2.75) is 26.8 Å². The predicted molar refractivity (Wildman–Crippen MR) is 83.6 cm³/mol. The molecular formula is C14H20BrN3O2. The molecule has 110 valence electrons. The number of halogens is 1. The minimum absolute atomic E-state index is 0.342. The van der Waals surface area contributed by atoms with Gasteiger partial charge in [0, 0.05) is 16.7 Å². The average molecular weight is 342 g/mol. The second-order valence-electron chi connectivity index (χ2n) is 4.97. The molecule has 0 aliphatic heterocycles. The van der Waals surface area contributed by atoms with Crippen molar-refractivity contribution in [1.82, 2.24) is 10.6 Å². The summed E-state index contributed by atoms with van der Waals surface area (Å²) in [5.74, 6) is -0.0247. The maximum Gasteiger partial charge on any atom is 0.321 e. The Morgan fingerprint density at radius 1 is 1.15 bits per heavy atom. The third-order valence-electron chi connectivity index (χ3n) is 2.53. The van der Waals surface area contributed by atoms with Gasteiger partial charge in [-0.25, -0.2) is 4.79 Å². The van der Waals surface area contributed by atoms with Gasteiger partial charge < -0.3 is 10.6 Å². The van der Waals surface area contributed by atoms with Crippen LogP contribution in [0.25, 0.3) is 0 Å². The molecule has 0 saturated carbocycles. The van der Waals surface area contributed by atoms with E-state index in [0.717, 1.165) is 10.2 Å². The third kappa shape index (κ3) is 6.06. The Balaban J connectivity index is 2.42. The topological polar surface area (TPSA) is 70.2 Å². The molecule has 0 aromatic heterocycles. The zero-order chi connectivity index (χ0) is 15.1. The first-order chi connectivity index (χ1) is 9.38. The minimum Gasteiger partial charge on any atom is -0.374 e. The van der Waals surface area contributed by atoms with Crippen LogP contribution < -0.4 is 16.0 Å². The largest absolute Gasteiger partial charge is 0.374 e. The number of benzene rings is 1. The Morgan fingerprint density at radius 3 is 2.30 bits per heavy atom. The second-order valence-corrected chi connectivity index (χ2v) is 5.88. The highest BCUT2D eigenvalue weighted by Gasteiger charge is 2.15. The molecule has 3 N–H and O–H groups in total. The van der Waals surface area contributed by atoms with E-state index in [4.69, 9.17) is 0 Å². The summed E-state index contributed by atoms with van der Waals surface area (Å²) >= 11 is 3.34. The molecule has 3 amide bonds. The molecule has 1 aromatic rings. The maximum absolute atomic E-state index is 11.8. The summed E-state index contributed by atoms with van der Waals surface area (Å²) in [5.41, 5.74) is 0.818. The number of anilines is 1. The number of amides is 3. The minimum atomic E-state index is -0.499. The van der Waals surface area contributed by atoms with E-state index >= 15 is 0 Å². The van der Waals surface area contributed by atoms with Gasteiger partial charge in [-0.05, 0) is 37.1 Å². The Kier molecular flexibility index (Phi) is 6.51. The Bertz CT molecular complexity index is 460.